The first-order valence-corrected chi connectivity index (χ1v) is 7.84. The summed E-state index contributed by atoms with van der Waals surface area (Å²) in [6, 6.07) is 6.26. The van der Waals surface area contributed by atoms with Crippen LogP contribution in [0.2, 0.25) is 0 Å². The smallest absolute Gasteiger partial charge is 0.322 e. The van der Waals surface area contributed by atoms with Gasteiger partial charge in [0.15, 0.2) is 0 Å². The minimum absolute atomic E-state index is 0.0484. The van der Waals surface area contributed by atoms with Crippen molar-refractivity contribution in [2.24, 2.45) is 0 Å². The maximum Gasteiger partial charge on any atom is 0.322 e. The molecule has 1 heterocycles. The second-order valence-electron chi connectivity index (χ2n) is 4.68. The standard InChI is InChI=1S/C13H17NO5S/c1-19-6-7-20(17,18)14-9-11-5-3-2-4-10(11)8-12(14)13(15)16/h2-5,12H,6-9H2,1H3,(H,15,16)/t12-/m0/s1. The monoisotopic (exact) mass is 299 g/mol. The number of aliphatic carboxylic acids is 1. The number of nitrogens with zero attached hydrogens (tertiary/aromatic N) is 1. The van der Waals surface area contributed by atoms with Crippen LogP contribution in [0.5, 0.6) is 0 Å². The minimum Gasteiger partial charge on any atom is -0.480 e. The van der Waals surface area contributed by atoms with Gasteiger partial charge in [-0.2, -0.15) is 4.31 Å². The summed E-state index contributed by atoms with van der Waals surface area (Å²) >= 11 is 0. The average molecular weight is 299 g/mol. The summed E-state index contributed by atoms with van der Waals surface area (Å²) < 4.78 is 30.4. The first kappa shape index (κ1) is 15.0. The van der Waals surface area contributed by atoms with E-state index in [1.807, 2.05) is 24.3 Å². The summed E-state index contributed by atoms with van der Waals surface area (Å²) in [7, 11) is -2.24. The van der Waals surface area contributed by atoms with Gasteiger partial charge in [0.25, 0.3) is 0 Å². The van der Waals surface area contributed by atoms with Crippen LogP contribution < -0.4 is 0 Å². The summed E-state index contributed by atoms with van der Waals surface area (Å²) in [4.78, 5) is 11.4. The van der Waals surface area contributed by atoms with Crippen molar-refractivity contribution in [3.8, 4) is 0 Å². The normalized spacial score (nSPS) is 19.6. The Morgan fingerprint density at radius 1 is 1.40 bits per heavy atom. The maximum absolute atomic E-state index is 12.3. The highest BCUT2D eigenvalue weighted by atomic mass is 32.2. The fourth-order valence-electron chi connectivity index (χ4n) is 2.31. The van der Waals surface area contributed by atoms with Gasteiger partial charge in [0.2, 0.25) is 10.0 Å². The highest BCUT2D eigenvalue weighted by Crippen LogP contribution is 2.26. The molecule has 1 aliphatic heterocycles. The highest BCUT2D eigenvalue weighted by Gasteiger charge is 2.38. The summed E-state index contributed by atoms with van der Waals surface area (Å²) in [6.07, 6.45) is 0.192. The molecule has 0 radical (unpaired) electrons. The number of carboxylic acid groups (broad SMARTS) is 1. The van der Waals surface area contributed by atoms with E-state index in [9.17, 15) is 18.3 Å². The molecule has 0 spiro atoms. The molecule has 0 amide bonds. The van der Waals surface area contributed by atoms with E-state index in [0.29, 0.717) is 0 Å². The summed E-state index contributed by atoms with van der Waals surface area (Å²) in [5.74, 6) is -1.34. The third-order valence-corrected chi connectivity index (χ3v) is 5.17. The molecule has 1 aliphatic rings. The van der Waals surface area contributed by atoms with Crippen LogP contribution in [0.4, 0.5) is 0 Å². The first-order chi connectivity index (χ1) is 9.45. The molecule has 0 aromatic heterocycles. The number of methoxy groups -OCH3 is 1. The van der Waals surface area contributed by atoms with Gasteiger partial charge in [-0.15, -0.1) is 0 Å². The van der Waals surface area contributed by atoms with Crippen molar-refractivity contribution in [1.29, 1.82) is 0 Å². The molecule has 0 unspecified atom stereocenters. The predicted octanol–water partition coefficient (Wildman–Crippen LogP) is 0.474. The molecule has 6 nitrogen and oxygen atoms in total. The van der Waals surface area contributed by atoms with E-state index in [-0.39, 0.29) is 25.3 Å². The predicted molar refractivity (Wildman–Crippen MR) is 72.8 cm³/mol. The number of hydrogen-bond donors (Lipinski definition) is 1. The number of hydrogen-bond acceptors (Lipinski definition) is 4. The van der Waals surface area contributed by atoms with Crippen LogP contribution in [0.25, 0.3) is 0 Å². The number of fused-ring (bicyclic) bond motifs is 1. The van der Waals surface area contributed by atoms with Crippen LogP contribution in [-0.2, 0) is 32.5 Å². The zero-order valence-electron chi connectivity index (χ0n) is 11.2. The molecule has 0 saturated heterocycles. The van der Waals surface area contributed by atoms with Crippen LogP contribution in [0.3, 0.4) is 0 Å². The quantitative estimate of drug-likeness (QED) is 0.854. The molecule has 110 valence electrons. The van der Waals surface area contributed by atoms with Gasteiger partial charge in [0.05, 0.1) is 12.4 Å². The topological polar surface area (TPSA) is 83.9 Å². The Kier molecular flexibility index (Phi) is 4.42. The third-order valence-electron chi connectivity index (χ3n) is 3.39. The van der Waals surface area contributed by atoms with E-state index in [2.05, 4.69) is 0 Å². The van der Waals surface area contributed by atoms with E-state index in [4.69, 9.17) is 4.74 Å². The van der Waals surface area contributed by atoms with Crippen molar-refractivity contribution in [1.82, 2.24) is 4.31 Å². The highest BCUT2D eigenvalue weighted by molar-refractivity contribution is 7.89. The molecule has 2 rings (SSSR count). The Balaban J connectivity index is 2.33. The summed E-state index contributed by atoms with van der Waals surface area (Å²) in [6.45, 7) is 0.145. The van der Waals surface area contributed by atoms with Crippen LogP contribution in [0, 0.1) is 0 Å². The van der Waals surface area contributed by atoms with Crippen molar-refractivity contribution in [2.75, 3.05) is 19.5 Å². The van der Waals surface area contributed by atoms with E-state index < -0.39 is 22.0 Å². The molecule has 0 fully saturated rings. The molecule has 1 N–H and O–H groups in total. The third kappa shape index (κ3) is 3.00. The van der Waals surface area contributed by atoms with E-state index in [0.717, 1.165) is 15.4 Å². The number of carbonyl (C=O) groups is 1. The Morgan fingerprint density at radius 2 is 2.05 bits per heavy atom. The fourth-order valence-corrected chi connectivity index (χ4v) is 3.81. The molecule has 0 aliphatic carbocycles. The first-order valence-electron chi connectivity index (χ1n) is 6.24. The van der Waals surface area contributed by atoms with Gasteiger partial charge >= 0.3 is 5.97 Å². The van der Waals surface area contributed by atoms with Crippen molar-refractivity contribution in [3.05, 3.63) is 35.4 Å². The molecule has 7 heteroatoms. The van der Waals surface area contributed by atoms with E-state index in [1.54, 1.807) is 0 Å². The maximum atomic E-state index is 12.3. The lowest BCUT2D eigenvalue weighted by Gasteiger charge is -2.33. The lowest BCUT2D eigenvalue weighted by atomic mass is 9.96. The van der Waals surface area contributed by atoms with Gasteiger partial charge < -0.3 is 9.84 Å². The van der Waals surface area contributed by atoms with Gasteiger partial charge in [-0.1, -0.05) is 24.3 Å². The largest absolute Gasteiger partial charge is 0.480 e. The molecular formula is C13H17NO5S. The summed E-state index contributed by atoms with van der Waals surface area (Å²) in [5.41, 5.74) is 1.74. The van der Waals surface area contributed by atoms with Crippen LogP contribution in [0.1, 0.15) is 11.1 Å². The van der Waals surface area contributed by atoms with Gasteiger partial charge in [-0.3, -0.25) is 4.79 Å². The molecule has 0 bridgehead atoms. The Bertz CT molecular complexity index is 599. The number of rotatable bonds is 5. The molecule has 1 aromatic carbocycles. The van der Waals surface area contributed by atoms with Crippen LogP contribution >= 0.6 is 0 Å². The van der Waals surface area contributed by atoms with E-state index >= 15 is 0 Å². The molecule has 1 aromatic rings. The van der Waals surface area contributed by atoms with Gasteiger partial charge in [0, 0.05) is 20.1 Å². The number of ether oxygens (including phenoxy) is 1. The SMILES string of the molecule is COCCS(=O)(=O)N1Cc2ccccc2C[C@H]1C(=O)O. The Labute approximate surface area is 118 Å². The summed E-state index contributed by atoms with van der Waals surface area (Å²) in [5, 5.41) is 9.29. The number of carboxylic acids is 1. The number of sulfonamides is 1. The van der Waals surface area contributed by atoms with Gasteiger partial charge in [-0.05, 0) is 11.1 Å². The average Bonchev–Trinajstić information content (AvgIpc) is 2.43. The van der Waals surface area contributed by atoms with Gasteiger partial charge in [-0.25, -0.2) is 8.42 Å². The second-order valence-corrected chi connectivity index (χ2v) is 6.72. The molecular weight excluding hydrogens is 282 g/mol. The molecule has 0 saturated carbocycles. The zero-order valence-corrected chi connectivity index (χ0v) is 12.0. The Morgan fingerprint density at radius 3 is 2.65 bits per heavy atom. The van der Waals surface area contributed by atoms with Crippen LogP contribution in [-0.4, -0.2) is 49.3 Å². The lowest BCUT2D eigenvalue weighted by molar-refractivity contribution is -0.141. The van der Waals surface area contributed by atoms with Crippen LogP contribution in [0.15, 0.2) is 24.3 Å². The lowest BCUT2D eigenvalue weighted by Crippen LogP contribution is -2.49. The zero-order chi connectivity index (χ0) is 14.8. The number of benzene rings is 1. The fraction of sp³-hybridized carbons (Fsp3) is 0.462. The van der Waals surface area contributed by atoms with Crippen molar-refractivity contribution in [2.45, 2.75) is 19.0 Å². The second kappa shape index (κ2) is 5.90. The van der Waals surface area contributed by atoms with Gasteiger partial charge in [0.1, 0.15) is 6.04 Å². The molecule has 1 atom stereocenters. The molecule has 20 heavy (non-hydrogen) atoms. The Hall–Kier alpha value is -1.44. The van der Waals surface area contributed by atoms with Crippen molar-refractivity contribution in [3.63, 3.8) is 0 Å². The van der Waals surface area contributed by atoms with Crippen molar-refractivity contribution < 1.29 is 23.1 Å². The van der Waals surface area contributed by atoms with E-state index in [1.165, 1.54) is 7.11 Å². The minimum atomic E-state index is -3.65. The van der Waals surface area contributed by atoms with Crippen molar-refractivity contribution >= 4 is 16.0 Å².